The number of nitrogens with one attached hydrogen (secondary N) is 1. The molecular weight excluding hydrogens is 464 g/mol. The molecule has 0 bridgehead atoms. The van der Waals surface area contributed by atoms with Crippen molar-refractivity contribution in [2.75, 3.05) is 25.0 Å². The summed E-state index contributed by atoms with van der Waals surface area (Å²) in [5.74, 6) is 0.471. The van der Waals surface area contributed by atoms with Crippen molar-refractivity contribution < 1.29 is 14.3 Å². The number of nitrogens with zero attached hydrogens (tertiary/aromatic N) is 3. The van der Waals surface area contributed by atoms with Crippen LogP contribution in [-0.2, 0) is 15.1 Å². The summed E-state index contributed by atoms with van der Waals surface area (Å²) in [5.41, 5.74) is 2.10. The van der Waals surface area contributed by atoms with Gasteiger partial charge in [0.25, 0.3) is 0 Å². The zero-order valence-electron chi connectivity index (χ0n) is 21.9. The number of carbonyl (C=O) groups excluding carboxylic acids is 2. The van der Waals surface area contributed by atoms with Crippen LogP contribution < -0.4 is 5.32 Å². The maximum Gasteiger partial charge on any atom is 0.341 e. The quantitative estimate of drug-likeness (QED) is 0.395. The van der Waals surface area contributed by atoms with E-state index < -0.39 is 11.5 Å². The third kappa shape index (κ3) is 6.34. The van der Waals surface area contributed by atoms with Gasteiger partial charge < -0.3 is 15.0 Å². The standard InChI is InChI=1S/C30H36N4O3/c1-4-37-28(36)24-20-31-29(32-21-24)33-30(25-13-9-6-10-14-25)15-17-34(18-16-30)27(35)26(19-22(2)3)23-11-7-5-8-12-23/h5-14,20-22,26H,4,15-19H2,1-3H3,(H,31,32,33). The number of aromatic nitrogens is 2. The summed E-state index contributed by atoms with van der Waals surface area (Å²) in [7, 11) is 0. The molecule has 1 saturated heterocycles. The summed E-state index contributed by atoms with van der Waals surface area (Å²) in [4.78, 5) is 36.5. The number of anilines is 1. The van der Waals surface area contributed by atoms with Gasteiger partial charge in [-0.05, 0) is 43.2 Å². The lowest BCUT2D eigenvalue weighted by atomic mass is 9.80. The fourth-order valence-corrected chi connectivity index (χ4v) is 5.03. The minimum absolute atomic E-state index is 0.142. The Kier molecular flexibility index (Phi) is 8.54. The van der Waals surface area contributed by atoms with Gasteiger partial charge in [0.2, 0.25) is 11.9 Å². The van der Waals surface area contributed by atoms with E-state index in [0.29, 0.717) is 37.1 Å². The van der Waals surface area contributed by atoms with Gasteiger partial charge in [0.15, 0.2) is 0 Å². The lowest BCUT2D eigenvalue weighted by Gasteiger charge is -2.43. The molecule has 7 heteroatoms. The average Bonchev–Trinajstić information content (AvgIpc) is 2.93. The SMILES string of the molecule is CCOC(=O)c1cnc(NC2(c3ccccc3)CCN(C(=O)C(CC(C)C)c3ccccc3)CC2)nc1. The third-order valence-corrected chi connectivity index (χ3v) is 6.98. The topological polar surface area (TPSA) is 84.4 Å². The van der Waals surface area contributed by atoms with E-state index >= 15 is 0 Å². The first-order valence-corrected chi connectivity index (χ1v) is 13.1. The highest BCUT2D eigenvalue weighted by molar-refractivity contribution is 5.88. The summed E-state index contributed by atoms with van der Waals surface area (Å²) in [5, 5.41) is 3.55. The van der Waals surface area contributed by atoms with E-state index in [1.54, 1.807) is 6.92 Å². The van der Waals surface area contributed by atoms with Gasteiger partial charge in [-0.25, -0.2) is 14.8 Å². The first kappa shape index (κ1) is 26.3. The molecule has 0 aliphatic carbocycles. The molecule has 0 saturated carbocycles. The Morgan fingerprint density at radius 1 is 0.973 bits per heavy atom. The van der Waals surface area contributed by atoms with Crippen LogP contribution in [0.2, 0.25) is 0 Å². The normalized spacial score (nSPS) is 15.7. The molecule has 1 unspecified atom stereocenters. The monoisotopic (exact) mass is 500 g/mol. The van der Waals surface area contributed by atoms with Gasteiger partial charge in [0, 0.05) is 25.5 Å². The lowest BCUT2D eigenvalue weighted by molar-refractivity contribution is -0.134. The van der Waals surface area contributed by atoms with Gasteiger partial charge in [-0.15, -0.1) is 0 Å². The first-order chi connectivity index (χ1) is 17.9. The number of amides is 1. The van der Waals surface area contributed by atoms with Crippen molar-refractivity contribution in [2.45, 2.75) is 51.5 Å². The molecule has 7 nitrogen and oxygen atoms in total. The third-order valence-electron chi connectivity index (χ3n) is 6.98. The van der Waals surface area contributed by atoms with Crippen LogP contribution in [0, 0.1) is 5.92 Å². The molecule has 2 aromatic carbocycles. The van der Waals surface area contributed by atoms with Crippen molar-refractivity contribution in [3.63, 3.8) is 0 Å². The molecular formula is C30H36N4O3. The van der Waals surface area contributed by atoms with Gasteiger partial charge in [-0.1, -0.05) is 74.5 Å². The summed E-state index contributed by atoms with van der Waals surface area (Å²) in [6, 6.07) is 20.4. The van der Waals surface area contributed by atoms with Crippen LogP contribution in [0.5, 0.6) is 0 Å². The molecule has 1 atom stereocenters. The zero-order valence-corrected chi connectivity index (χ0v) is 21.9. The Labute approximate surface area is 219 Å². The number of hydrogen-bond donors (Lipinski definition) is 1. The number of hydrogen-bond acceptors (Lipinski definition) is 6. The maximum atomic E-state index is 13.7. The molecule has 0 radical (unpaired) electrons. The molecule has 4 rings (SSSR count). The smallest absolute Gasteiger partial charge is 0.341 e. The van der Waals surface area contributed by atoms with Crippen LogP contribution >= 0.6 is 0 Å². The Hall–Kier alpha value is -3.74. The van der Waals surface area contributed by atoms with Crippen molar-refractivity contribution in [2.24, 2.45) is 5.92 Å². The average molecular weight is 501 g/mol. The van der Waals surface area contributed by atoms with Gasteiger partial charge in [-0.3, -0.25) is 4.79 Å². The predicted molar refractivity (Wildman–Crippen MR) is 144 cm³/mol. The van der Waals surface area contributed by atoms with Crippen LogP contribution in [0.15, 0.2) is 73.1 Å². The van der Waals surface area contributed by atoms with E-state index in [0.717, 1.165) is 30.4 Å². The predicted octanol–water partition coefficient (Wildman–Crippen LogP) is 5.41. The van der Waals surface area contributed by atoms with Crippen molar-refractivity contribution in [3.8, 4) is 0 Å². The molecule has 1 aliphatic rings. The number of likely N-dealkylation sites (tertiary alicyclic amines) is 1. The molecule has 1 N–H and O–H groups in total. The second-order valence-corrected chi connectivity index (χ2v) is 10.0. The van der Waals surface area contributed by atoms with Crippen molar-refractivity contribution >= 4 is 17.8 Å². The van der Waals surface area contributed by atoms with E-state index in [9.17, 15) is 9.59 Å². The number of ether oxygens (including phenoxy) is 1. The Bertz CT molecular complexity index is 1160. The molecule has 194 valence electrons. The molecule has 1 aromatic heterocycles. The molecule has 1 amide bonds. The van der Waals surface area contributed by atoms with Crippen LogP contribution in [0.1, 0.15) is 67.4 Å². The van der Waals surface area contributed by atoms with Gasteiger partial charge in [0.05, 0.1) is 23.6 Å². The number of piperidine rings is 1. The van der Waals surface area contributed by atoms with Crippen LogP contribution in [0.25, 0.3) is 0 Å². The fraction of sp³-hybridized carbons (Fsp3) is 0.400. The van der Waals surface area contributed by atoms with Gasteiger partial charge >= 0.3 is 5.97 Å². The Balaban J connectivity index is 1.53. The zero-order chi connectivity index (χ0) is 26.3. The molecule has 1 aliphatic heterocycles. The summed E-state index contributed by atoms with van der Waals surface area (Å²) < 4.78 is 5.04. The molecule has 1 fully saturated rings. The summed E-state index contributed by atoms with van der Waals surface area (Å²) in [6.45, 7) is 7.65. The first-order valence-electron chi connectivity index (χ1n) is 13.1. The second-order valence-electron chi connectivity index (χ2n) is 10.0. The number of benzene rings is 2. The van der Waals surface area contributed by atoms with Gasteiger partial charge in [-0.2, -0.15) is 0 Å². The minimum Gasteiger partial charge on any atom is -0.462 e. The molecule has 2 heterocycles. The molecule has 0 spiro atoms. The number of esters is 1. The molecule has 3 aromatic rings. The fourth-order valence-electron chi connectivity index (χ4n) is 5.03. The van der Waals surface area contributed by atoms with E-state index in [-0.39, 0.29) is 11.8 Å². The van der Waals surface area contributed by atoms with Crippen LogP contribution in [0.3, 0.4) is 0 Å². The lowest BCUT2D eigenvalue weighted by Crippen LogP contribution is -2.50. The van der Waals surface area contributed by atoms with E-state index in [2.05, 4.69) is 53.4 Å². The second kappa shape index (κ2) is 12.0. The minimum atomic E-state index is -0.437. The number of carbonyl (C=O) groups is 2. The number of rotatable bonds is 9. The van der Waals surface area contributed by atoms with Crippen molar-refractivity contribution in [1.29, 1.82) is 0 Å². The largest absolute Gasteiger partial charge is 0.462 e. The van der Waals surface area contributed by atoms with Crippen LogP contribution in [0.4, 0.5) is 5.95 Å². The summed E-state index contributed by atoms with van der Waals surface area (Å²) in [6.07, 6.45) is 5.23. The highest BCUT2D eigenvalue weighted by Crippen LogP contribution is 2.37. The Morgan fingerprint density at radius 3 is 2.14 bits per heavy atom. The highest BCUT2D eigenvalue weighted by atomic mass is 16.5. The molecule has 37 heavy (non-hydrogen) atoms. The highest BCUT2D eigenvalue weighted by Gasteiger charge is 2.39. The van der Waals surface area contributed by atoms with E-state index in [1.807, 2.05) is 41.3 Å². The maximum absolute atomic E-state index is 13.7. The van der Waals surface area contributed by atoms with Crippen molar-refractivity contribution in [3.05, 3.63) is 89.7 Å². The Morgan fingerprint density at radius 2 is 1.57 bits per heavy atom. The van der Waals surface area contributed by atoms with Crippen molar-refractivity contribution in [1.82, 2.24) is 14.9 Å². The van der Waals surface area contributed by atoms with Gasteiger partial charge in [0.1, 0.15) is 0 Å². The summed E-state index contributed by atoms with van der Waals surface area (Å²) >= 11 is 0. The van der Waals surface area contributed by atoms with E-state index in [4.69, 9.17) is 4.74 Å². The van der Waals surface area contributed by atoms with E-state index in [1.165, 1.54) is 12.4 Å². The van der Waals surface area contributed by atoms with Crippen LogP contribution in [-0.4, -0.2) is 46.4 Å².